The van der Waals surface area contributed by atoms with Crippen molar-refractivity contribution >= 4 is 13.8 Å². The van der Waals surface area contributed by atoms with Crippen LogP contribution in [0.1, 0.15) is 96.8 Å². The van der Waals surface area contributed by atoms with Crippen LogP contribution in [0.2, 0.25) is 0 Å². The summed E-state index contributed by atoms with van der Waals surface area (Å²) in [5.74, 6) is -0.657. The lowest BCUT2D eigenvalue weighted by Crippen LogP contribution is -2.37. The number of esters is 1. The molecule has 0 aliphatic carbocycles. The molecule has 0 amide bonds. The van der Waals surface area contributed by atoms with E-state index in [4.69, 9.17) is 18.5 Å². The Morgan fingerprint density at radius 2 is 1.33 bits per heavy atom. The SMILES string of the molecule is C=CC(=O)O[C@@H](COCCCCCCCCCCCCCCCC)COP(=O)([O-])OCC[N+](C)(C)C. The number of phosphoric ester groups is 1. The Morgan fingerprint density at radius 1 is 0.833 bits per heavy atom. The highest BCUT2D eigenvalue weighted by atomic mass is 31.2. The first-order valence-corrected chi connectivity index (χ1v) is 15.4. The van der Waals surface area contributed by atoms with Gasteiger partial charge in [-0.25, -0.2) is 4.79 Å². The zero-order valence-corrected chi connectivity index (χ0v) is 24.4. The highest BCUT2D eigenvalue weighted by molar-refractivity contribution is 7.45. The summed E-state index contributed by atoms with van der Waals surface area (Å²) in [6.45, 7) is 6.36. The van der Waals surface area contributed by atoms with Crippen molar-refractivity contribution in [3.8, 4) is 0 Å². The van der Waals surface area contributed by atoms with Gasteiger partial charge >= 0.3 is 5.97 Å². The minimum Gasteiger partial charge on any atom is -0.756 e. The van der Waals surface area contributed by atoms with Crippen LogP contribution in [0.3, 0.4) is 0 Å². The Labute approximate surface area is 220 Å². The summed E-state index contributed by atoms with van der Waals surface area (Å²) in [4.78, 5) is 23.5. The normalized spacial score (nSPS) is 14.4. The van der Waals surface area contributed by atoms with Crippen molar-refractivity contribution in [1.82, 2.24) is 0 Å². The summed E-state index contributed by atoms with van der Waals surface area (Å²) < 4.78 is 33.1. The van der Waals surface area contributed by atoms with Crippen molar-refractivity contribution in [2.45, 2.75) is 103 Å². The van der Waals surface area contributed by atoms with Gasteiger partial charge in [-0.2, -0.15) is 0 Å². The largest absolute Gasteiger partial charge is 0.756 e. The first kappa shape index (κ1) is 35.2. The van der Waals surface area contributed by atoms with Crippen LogP contribution in [0.5, 0.6) is 0 Å². The highest BCUT2D eigenvalue weighted by Crippen LogP contribution is 2.38. The van der Waals surface area contributed by atoms with Crippen molar-refractivity contribution in [1.29, 1.82) is 0 Å². The second-order valence-corrected chi connectivity index (χ2v) is 11.9. The summed E-state index contributed by atoms with van der Waals surface area (Å²) >= 11 is 0. The summed E-state index contributed by atoms with van der Waals surface area (Å²) in [5, 5.41) is 0. The van der Waals surface area contributed by atoms with Gasteiger partial charge in [-0.15, -0.1) is 0 Å². The summed E-state index contributed by atoms with van der Waals surface area (Å²) in [7, 11) is 1.30. The smallest absolute Gasteiger partial charge is 0.330 e. The van der Waals surface area contributed by atoms with Crippen LogP contribution in [0, 0.1) is 0 Å². The molecule has 0 saturated heterocycles. The van der Waals surface area contributed by atoms with Crippen LogP contribution >= 0.6 is 7.82 Å². The van der Waals surface area contributed by atoms with Gasteiger partial charge in [0, 0.05) is 12.7 Å². The zero-order valence-electron chi connectivity index (χ0n) is 23.5. The third-order valence-electron chi connectivity index (χ3n) is 5.83. The molecule has 0 spiro atoms. The van der Waals surface area contributed by atoms with Gasteiger partial charge in [-0.3, -0.25) is 4.57 Å². The monoisotopic (exact) mass is 535 g/mol. The van der Waals surface area contributed by atoms with Gasteiger partial charge in [0.1, 0.15) is 19.3 Å². The van der Waals surface area contributed by atoms with Crippen LogP contribution in [-0.2, 0) is 27.9 Å². The molecule has 0 aromatic carbocycles. The van der Waals surface area contributed by atoms with E-state index < -0.39 is 19.9 Å². The maximum atomic E-state index is 12.0. The number of quaternary nitrogens is 1. The fraction of sp³-hybridized carbons (Fsp3) is 0.889. The molecule has 0 N–H and O–H groups in total. The number of carbonyl (C=O) groups excluding carboxylic acids is 1. The van der Waals surface area contributed by atoms with Gasteiger partial charge in [-0.05, 0) is 6.42 Å². The molecule has 9 heteroatoms. The number of carbonyl (C=O) groups is 1. The molecule has 0 aromatic heterocycles. The molecule has 2 atom stereocenters. The van der Waals surface area contributed by atoms with Gasteiger partial charge in [0.2, 0.25) is 0 Å². The van der Waals surface area contributed by atoms with E-state index in [0.717, 1.165) is 18.9 Å². The average Bonchev–Trinajstić information content (AvgIpc) is 2.81. The Hall–Kier alpha value is -0.760. The number of likely N-dealkylation sites (N-methyl/N-ethyl adjacent to an activating group) is 1. The first-order valence-electron chi connectivity index (χ1n) is 13.9. The second kappa shape index (κ2) is 22.2. The molecule has 0 aliphatic heterocycles. The Kier molecular flexibility index (Phi) is 21.8. The lowest BCUT2D eigenvalue weighted by atomic mass is 10.0. The van der Waals surface area contributed by atoms with E-state index in [2.05, 4.69) is 13.5 Å². The van der Waals surface area contributed by atoms with Crippen LogP contribution in [0.15, 0.2) is 12.7 Å². The minimum atomic E-state index is -4.49. The fourth-order valence-corrected chi connectivity index (χ4v) is 4.31. The standard InChI is InChI=1S/C27H54NO7P/c1-6-8-9-10-11-12-13-14-15-16-17-18-19-20-22-32-24-26(35-27(29)7-2)25-34-36(30,31)33-23-21-28(3,4)5/h7,26H,2,6,8-25H2,1,3-5H3/t26-/m0/s1. The highest BCUT2D eigenvalue weighted by Gasteiger charge is 2.19. The molecule has 0 radical (unpaired) electrons. The molecule has 0 saturated carbocycles. The first-order chi connectivity index (χ1) is 17.1. The number of phosphoric acid groups is 1. The molecule has 0 aromatic rings. The third-order valence-corrected chi connectivity index (χ3v) is 6.79. The van der Waals surface area contributed by atoms with Gasteiger partial charge in [-0.1, -0.05) is 97.0 Å². The zero-order chi connectivity index (χ0) is 27.1. The van der Waals surface area contributed by atoms with Crippen molar-refractivity contribution in [2.75, 3.05) is 54.1 Å². The van der Waals surface area contributed by atoms with Crippen molar-refractivity contribution in [2.24, 2.45) is 0 Å². The van der Waals surface area contributed by atoms with Crippen LogP contribution in [-0.4, -0.2) is 70.7 Å². The molecule has 0 bridgehead atoms. The molecule has 0 rings (SSSR count). The lowest BCUT2D eigenvalue weighted by Gasteiger charge is -2.28. The maximum Gasteiger partial charge on any atom is 0.330 e. The number of rotatable bonds is 26. The second-order valence-electron chi connectivity index (χ2n) is 10.5. The van der Waals surface area contributed by atoms with Crippen molar-refractivity contribution in [3.63, 3.8) is 0 Å². The van der Waals surface area contributed by atoms with E-state index in [-0.39, 0.29) is 19.8 Å². The van der Waals surface area contributed by atoms with E-state index in [9.17, 15) is 14.3 Å². The Bertz CT molecular complexity index is 595. The number of hydrogen-bond donors (Lipinski definition) is 0. The van der Waals surface area contributed by atoms with E-state index >= 15 is 0 Å². The topological polar surface area (TPSA) is 94.1 Å². The molecular formula is C27H54NO7P. The molecular weight excluding hydrogens is 481 g/mol. The molecule has 36 heavy (non-hydrogen) atoms. The third kappa shape index (κ3) is 24.9. The van der Waals surface area contributed by atoms with Crippen LogP contribution < -0.4 is 4.89 Å². The van der Waals surface area contributed by atoms with E-state index in [1.807, 2.05) is 21.1 Å². The van der Waals surface area contributed by atoms with Gasteiger partial charge in [0.15, 0.2) is 0 Å². The lowest BCUT2D eigenvalue weighted by molar-refractivity contribution is -0.870. The fourth-order valence-electron chi connectivity index (χ4n) is 3.58. The quantitative estimate of drug-likeness (QED) is 0.0455. The number of hydrogen-bond acceptors (Lipinski definition) is 7. The molecule has 1 unspecified atom stereocenters. The number of nitrogens with zero attached hydrogens (tertiary/aromatic N) is 1. The molecule has 0 aliphatic rings. The van der Waals surface area contributed by atoms with E-state index in [0.29, 0.717) is 17.6 Å². The summed E-state index contributed by atoms with van der Waals surface area (Å²) in [5.41, 5.74) is 0. The molecule has 214 valence electrons. The van der Waals surface area contributed by atoms with E-state index in [1.165, 1.54) is 77.0 Å². The number of unbranched alkanes of at least 4 members (excludes halogenated alkanes) is 13. The van der Waals surface area contributed by atoms with Crippen molar-refractivity contribution in [3.05, 3.63) is 12.7 Å². The summed E-state index contributed by atoms with van der Waals surface area (Å²) in [6.07, 6.45) is 18.2. The predicted octanol–water partition coefficient (Wildman–Crippen LogP) is 5.79. The van der Waals surface area contributed by atoms with Gasteiger partial charge < -0.3 is 27.9 Å². The molecule has 0 fully saturated rings. The maximum absolute atomic E-state index is 12.0. The Morgan fingerprint density at radius 3 is 1.81 bits per heavy atom. The van der Waals surface area contributed by atoms with Crippen LogP contribution in [0.4, 0.5) is 0 Å². The van der Waals surface area contributed by atoms with Gasteiger partial charge in [0.05, 0.1) is 34.4 Å². The van der Waals surface area contributed by atoms with Crippen LogP contribution in [0.25, 0.3) is 0 Å². The minimum absolute atomic E-state index is 0.0109. The molecule has 8 nitrogen and oxygen atoms in total. The average molecular weight is 536 g/mol. The summed E-state index contributed by atoms with van der Waals surface area (Å²) in [6, 6.07) is 0. The Balaban J connectivity index is 3.88. The van der Waals surface area contributed by atoms with E-state index in [1.54, 1.807) is 0 Å². The van der Waals surface area contributed by atoms with Crippen molar-refractivity contribution < 1.29 is 37.3 Å². The predicted molar refractivity (Wildman–Crippen MR) is 144 cm³/mol. The van der Waals surface area contributed by atoms with Gasteiger partial charge in [0.25, 0.3) is 7.82 Å². The molecule has 0 heterocycles. The number of ether oxygens (including phenoxy) is 2.